The van der Waals surface area contributed by atoms with Crippen molar-refractivity contribution in [1.29, 1.82) is 0 Å². The first-order valence-electron chi connectivity index (χ1n) is 3.22. The van der Waals surface area contributed by atoms with Gasteiger partial charge in [0.2, 0.25) is 0 Å². The number of urea groups is 1. The molecule has 1 aliphatic rings. The average molecular weight is 128 g/mol. The molecule has 0 spiro atoms. The van der Waals surface area contributed by atoms with Crippen molar-refractivity contribution < 1.29 is 4.79 Å². The third-order valence-electron chi connectivity index (χ3n) is 1.65. The molecular weight excluding hydrogens is 116 g/mol. The van der Waals surface area contributed by atoms with Crippen LogP contribution in [-0.2, 0) is 0 Å². The summed E-state index contributed by atoms with van der Waals surface area (Å²) < 4.78 is 0. The summed E-state index contributed by atoms with van der Waals surface area (Å²) in [7, 11) is 1.63. The van der Waals surface area contributed by atoms with E-state index in [9.17, 15) is 4.79 Å². The lowest BCUT2D eigenvalue weighted by atomic mass is 10.5. The minimum Gasteiger partial charge on any atom is -0.341 e. The number of carbonyl (C=O) groups is 1. The van der Waals surface area contributed by atoms with Crippen LogP contribution in [0.25, 0.3) is 0 Å². The Balaban J connectivity index is 2.12. The van der Waals surface area contributed by atoms with E-state index in [-0.39, 0.29) is 6.03 Å². The second-order valence-corrected chi connectivity index (χ2v) is 2.54. The monoisotopic (exact) mass is 128 g/mol. The minimum atomic E-state index is -0.0654. The van der Waals surface area contributed by atoms with Crippen LogP contribution < -0.4 is 10.6 Å². The van der Waals surface area contributed by atoms with Crippen LogP contribution in [-0.4, -0.2) is 19.1 Å². The van der Waals surface area contributed by atoms with Crippen molar-refractivity contribution in [1.82, 2.24) is 10.6 Å². The van der Waals surface area contributed by atoms with Gasteiger partial charge in [0.05, 0.1) is 0 Å². The maximum absolute atomic E-state index is 10.6. The summed E-state index contributed by atoms with van der Waals surface area (Å²) in [4.78, 5) is 10.6. The number of nitrogens with one attached hydrogen (secondary N) is 2. The second kappa shape index (κ2) is 2.25. The largest absolute Gasteiger partial charge is 0.341 e. The van der Waals surface area contributed by atoms with Crippen molar-refractivity contribution in [2.24, 2.45) is 5.92 Å². The SMILES string of the molecule is CNC(=O)NC1CC1C. The molecule has 1 rings (SSSR count). The van der Waals surface area contributed by atoms with Gasteiger partial charge in [-0.15, -0.1) is 0 Å². The molecule has 0 aromatic rings. The number of rotatable bonds is 1. The van der Waals surface area contributed by atoms with E-state index in [1.165, 1.54) is 0 Å². The zero-order chi connectivity index (χ0) is 6.85. The van der Waals surface area contributed by atoms with E-state index in [1.807, 2.05) is 0 Å². The van der Waals surface area contributed by atoms with E-state index in [0.29, 0.717) is 12.0 Å². The van der Waals surface area contributed by atoms with Gasteiger partial charge >= 0.3 is 6.03 Å². The molecule has 9 heavy (non-hydrogen) atoms. The number of hydrogen-bond acceptors (Lipinski definition) is 1. The van der Waals surface area contributed by atoms with Crippen LogP contribution in [0.4, 0.5) is 4.79 Å². The Labute approximate surface area is 54.8 Å². The quantitative estimate of drug-likeness (QED) is 0.524. The highest BCUT2D eigenvalue weighted by molar-refractivity contribution is 5.74. The predicted octanol–water partition coefficient (Wildman–Crippen LogP) is 0.324. The van der Waals surface area contributed by atoms with Crippen LogP contribution in [0.1, 0.15) is 13.3 Å². The van der Waals surface area contributed by atoms with Gasteiger partial charge in [0, 0.05) is 13.1 Å². The highest BCUT2D eigenvalue weighted by Gasteiger charge is 2.33. The lowest BCUT2D eigenvalue weighted by Gasteiger charge is -1.99. The lowest BCUT2D eigenvalue weighted by molar-refractivity contribution is 0.242. The minimum absolute atomic E-state index is 0.0654. The third kappa shape index (κ3) is 1.59. The van der Waals surface area contributed by atoms with Gasteiger partial charge in [0.25, 0.3) is 0 Å². The van der Waals surface area contributed by atoms with Crippen LogP contribution in [0.2, 0.25) is 0 Å². The molecule has 2 atom stereocenters. The molecule has 0 aromatic carbocycles. The average Bonchev–Trinajstić information content (AvgIpc) is 2.47. The molecule has 1 fully saturated rings. The van der Waals surface area contributed by atoms with Crippen molar-refractivity contribution in [3.8, 4) is 0 Å². The topological polar surface area (TPSA) is 41.1 Å². The molecule has 0 aliphatic heterocycles. The van der Waals surface area contributed by atoms with Gasteiger partial charge in [0.1, 0.15) is 0 Å². The van der Waals surface area contributed by atoms with E-state index in [0.717, 1.165) is 6.42 Å². The molecule has 1 saturated carbocycles. The molecular formula is C6H12N2O. The van der Waals surface area contributed by atoms with Crippen LogP contribution in [0.15, 0.2) is 0 Å². The predicted molar refractivity (Wildman–Crippen MR) is 35.2 cm³/mol. The van der Waals surface area contributed by atoms with Gasteiger partial charge in [-0.1, -0.05) is 6.92 Å². The van der Waals surface area contributed by atoms with E-state index in [2.05, 4.69) is 17.6 Å². The van der Waals surface area contributed by atoms with Crippen molar-refractivity contribution >= 4 is 6.03 Å². The Morgan fingerprint density at radius 1 is 1.67 bits per heavy atom. The molecule has 2 amide bonds. The molecule has 0 bridgehead atoms. The van der Waals surface area contributed by atoms with Crippen molar-refractivity contribution in [3.05, 3.63) is 0 Å². The summed E-state index contributed by atoms with van der Waals surface area (Å²) >= 11 is 0. The molecule has 0 heterocycles. The number of hydrogen-bond donors (Lipinski definition) is 2. The lowest BCUT2D eigenvalue weighted by Crippen LogP contribution is -2.34. The summed E-state index contributed by atoms with van der Waals surface area (Å²) in [6.45, 7) is 2.13. The first-order valence-corrected chi connectivity index (χ1v) is 3.22. The Kier molecular flexibility index (Phi) is 1.60. The van der Waals surface area contributed by atoms with Crippen molar-refractivity contribution in [2.45, 2.75) is 19.4 Å². The summed E-state index contributed by atoms with van der Waals surface area (Å²) in [6.07, 6.45) is 1.13. The molecule has 2 unspecified atom stereocenters. The zero-order valence-corrected chi connectivity index (χ0v) is 5.77. The van der Waals surface area contributed by atoms with E-state index in [1.54, 1.807) is 7.05 Å². The van der Waals surface area contributed by atoms with Gasteiger partial charge in [-0.2, -0.15) is 0 Å². The highest BCUT2D eigenvalue weighted by atomic mass is 16.2. The van der Waals surface area contributed by atoms with Crippen LogP contribution in [0.5, 0.6) is 0 Å². The van der Waals surface area contributed by atoms with Gasteiger partial charge in [0.15, 0.2) is 0 Å². The molecule has 3 nitrogen and oxygen atoms in total. The number of amides is 2. The summed E-state index contributed by atoms with van der Waals surface area (Å²) in [5, 5.41) is 5.31. The fourth-order valence-electron chi connectivity index (χ4n) is 0.764. The molecule has 0 saturated heterocycles. The molecule has 2 N–H and O–H groups in total. The summed E-state index contributed by atoms with van der Waals surface area (Å²) in [5.74, 6) is 0.683. The Bertz CT molecular complexity index is 124. The molecule has 1 aliphatic carbocycles. The third-order valence-corrected chi connectivity index (χ3v) is 1.65. The van der Waals surface area contributed by atoms with E-state index < -0.39 is 0 Å². The molecule has 3 heteroatoms. The fraction of sp³-hybridized carbons (Fsp3) is 0.833. The van der Waals surface area contributed by atoms with Crippen molar-refractivity contribution in [3.63, 3.8) is 0 Å². The highest BCUT2D eigenvalue weighted by Crippen LogP contribution is 2.28. The first kappa shape index (κ1) is 6.39. The maximum Gasteiger partial charge on any atom is 0.314 e. The second-order valence-electron chi connectivity index (χ2n) is 2.54. The molecule has 0 aromatic heterocycles. The molecule has 52 valence electrons. The molecule has 0 radical (unpaired) electrons. The fourth-order valence-corrected chi connectivity index (χ4v) is 0.764. The standard InChI is InChI=1S/C6H12N2O/c1-4-3-5(4)8-6(9)7-2/h4-5H,3H2,1-2H3,(H2,7,8,9). The Morgan fingerprint density at radius 3 is 2.56 bits per heavy atom. The van der Waals surface area contributed by atoms with Gasteiger partial charge in [-0.3, -0.25) is 0 Å². The van der Waals surface area contributed by atoms with Gasteiger partial charge < -0.3 is 10.6 Å². The smallest absolute Gasteiger partial charge is 0.314 e. The van der Waals surface area contributed by atoms with E-state index in [4.69, 9.17) is 0 Å². The van der Waals surface area contributed by atoms with Crippen LogP contribution in [0.3, 0.4) is 0 Å². The maximum atomic E-state index is 10.6. The van der Waals surface area contributed by atoms with E-state index >= 15 is 0 Å². The van der Waals surface area contributed by atoms with Crippen molar-refractivity contribution in [2.75, 3.05) is 7.05 Å². The Morgan fingerprint density at radius 2 is 2.22 bits per heavy atom. The van der Waals surface area contributed by atoms with Gasteiger partial charge in [-0.05, 0) is 12.3 Å². The first-order chi connectivity index (χ1) is 4.24. The van der Waals surface area contributed by atoms with Crippen LogP contribution in [0, 0.1) is 5.92 Å². The summed E-state index contributed by atoms with van der Waals surface area (Å²) in [5.41, 5.74) is 0. The normalized spacial score (nSPS) is 31.3. The summed E-state index contributed by atoms with van der Waals surface area (Å²) in [6, 6.07) is 0.370. The Hall–Kier alpha value is -0.730. The van der Waals surface area contributed by atoms with Gasteiger partial charge in [-0.25, -0.2) is 4.79 Å². The number of carbonyl (C=O) groups excluding carboxylic acids is 1. The zero-order valence-electron chi connectivity index (χ0n) is 5.77. The van der Waals surface area contributed by atoms with Crippen LogP contribution >= 0.6 is 0 Å².